The zero-order valence-corrected chi connectivity index (χ0v) is 7.29. The molecule has 70 valence electrons. The molecule has 3 heteroatoms. The minimum absolute atomic E-state index is 0.139. The molecule has 2 nitrogen and oxygen atoms in total. The molecule has 2 rings (SSSR count). The lowest BCUT2D eigenvalue weighted by Gasteiger charge is -2.14. The van der Waals surface area contributed by atoms with Gasteiger partial charge in [-0.15, -0.1) is 0 Å². The molecule has 0 unspecified atom stereocenters. The zero-order valence-electron chi connectivity index (χ0n) is 7.29. The van der Waals surface area contributed by atoms with Crippen LogP contribution in [0.5, 0.6) is 0 Å². The van der Waals surface area contributed by atoms with E-state index in [0.29, 0.717) is 6.61 Å². The van der Waals surface area contributed by atoms with Crippen molar-refractivity contribution in [3.05, 3.63) is 35.6 Å². The second-order valence-corrected chi connectivity index (χ2v) is 3.57. The van der Waals surface area contributed by atoms with Gasteiger partial charge in [0.1, 0.15) is 5.82 Å². The monoisotopic (exact) mass is 181 g/mol. The molecule has 1 aromatic rings. The molecule has 0 radical (unpaired) electrons. The van der Waals surface area contributed by atoms with Crippen molar-refractivity contribution in [2.45, 2.75) is 18.3 Å². The van der Waals surface area contributed by atoms with E-state index in [9.17, 15) is 4.39 Å². The summed E-state index contributed by atoms with van der Waals surface area (Å²) < 4.78 is 13.4. The van der Waals surface area contributed by atoms with Gasteiger partial charge in [-0.2, -0.15) is 0 Å². The standard InChI is InChI=1S/C10H12FNO/c11-9-4-2-1-3-8(9)10(5-6-10)7-13-12/h1-4H,5-7,12H2. The van der Waals surface area contributed by atoms with Gasteiger partial charge in [-0.25, -0.2) is 10.3 Å². The number of rotatable bonds is 3. The van der Waals surface area contributed by atoms with E-state index in [1.165, 1.54) is 6.07 Å². The van der Waals surface area contributed by atoms with Gasteiger partial charge in [0, 0.05) is 5.41 Å². The van der Waals surface area contributed by atoms with Crippen LogP contribution in [0.25, 0.3) is 0 Å². The van der Waals surface area contributed by atoms with Gasteiger partial charge in [0.05, 0.1) is 6.61 Å². The van der Waals surface area contributed by atoms with Gasteiger partial charge in [0.15, 0.2) is 0 Å². The van der Waals surface area contributed by atoms with Crippen molar-refractivity contribution < 1.29 is 9.23 Å². The third-order valence-electron chi connectivity index (χ3n) is 2.66. The molecule has 0 heterocycles. The Bertz CT molecular complexity index is 310. The number of nitrogens with two attached hydrogens (primary N) is 1. The molecular weight excluding hydrogens is 169 g/mol. The van der Waals surface area contributed by atoms with E-state index in [1.54, 1.807) is 12.1 Å². The van der Waals surface area contributed by atoms with Gasteiger partial charge < -0.3 is 4.84 Å². The van der Waals surface area contributed by atoms with Crippen molar-refractivity contribution in [1.82, 2.24) is 0 Å². The van der Waals surface area contributed by atoms with E-state index in [1.807, 2.05) is 6.07 Å². The van der Waals surface area contributed by atoms with E-state index in [-0.39, 0.29) is 11.2 Å². The fraction of sp³-hybridized carbons (Fsp3) is 0.400. The molecule has 0 aromatic heterocycles. The van der Waals surface area contributed by atoms with Crippen LogP contribution in [0.4, 0.5) is 4.39 Å². The first kappa shape index (κ1) is 8.66. The second kappa shape index (κ2) is 3.09. The number of hydrogen-bond donors (Lipinski definition) is 1. The van der Waals surface area contributed by atoms with E-state index in [4.69, 9.17) is 5.90 Å². The predicted molar refractivity (Wildman–Crippen MR) is 47.5 cm³/mol. The Hall–Kier alpha value is -0.930. The fourth-order valence-corrected chi connectivity index (χ4v) is 1.69. The van der Waals surface area contributed by atoms with Crippen LogP contribution in [0.15, 0.2) is 24.3 Å². The van der Waals surface area contributed by atoms with Crippen LogP contribution in [0.3, 0.4) is 0 Å². The molecule has 1 aromatic carbocycles. The van der Waals surface area contributed by atoms with Crippen molar-refractivity contribution in [1.29, 1.82) is 0 Å². The Labute approximate surface area is 76.5 Å². The molecule has 2 N–H and O–H groups in total. The quantitative estimate of drug-likeness (QED) is 0.721. The molecule has 1 aliphatic rings. The van der Waals surface area contributed by atoms with Crippen molar-refractivity contribution >= 4 is 0 Å². The van der Waals surface area contributed by atoms with Gasteiger partial charge >= 0.3 is 0 Å². The van der Waals surface area contributed by atoms with E-state index >= 15 is 0 Å². The maximum Gasteiger partial charge on any atom is 0.127 e. The molecule has 0 amide bonds. The summed E-state index contributed by atoms with van der Waals surface area (Å²) in [5.41, 5.74) is 0.598. The minimum Gasteiger partial charge on any atom is -0.304 e. The molecule has 1 fully saturated rings. The summed E-state index contributed by atoms with van der Waals surface area (Å²) in [5.74, 6) is 4.86. The van der Waals surface area contributed by atoms with Gasteiger partial charge in [0.2, 0.25) is 0 Å². The van der Waals surface area contributed by atoms with Gasteiger partial charge in [0.25, 0.3) is 0 Å². The summed E-state index contributed by atoms with van der Waals surface area (Å²) in [6.45, 7) is 0.411. The Morgan fingerprint density at radius 2 is 2.08 bits per heavy atom. The molecular formula is C10H12FNO. The summed E-state index contributed by atoms with van der Waals surface area (Å²) in [4.78, 5) is 4.61. The highest BCUT2D eigenvalue weighted by Gasteiger charge is 2.46. The Kier molecular flexibility index (Phi) is 2.06. The van der Waals surface area contributed by atoms with Crippen LogP contribution < -0.4 is 5.90 Å². The van der Waals surface area contributed by atoms with Crippen LogP contribution in [0.1, 0.15) is 18.4 Å². The van der Waals surface area contributed by atoms with Crippen LogP contribution in [0.2, 0.25) is 0 Å². The van der Waals surface area contributed by atoms with Crippen LogP contribution in [-0.4, -0.2) is 6.61 Å². The lowest BCUT2D eigenvalue weighted by Crippen LogP contribution is -2.19. The average molecular weight is 181 g/mol. The molecule has 0 bridgehead atoms. The van der Waals surface area contributed by atoms with Crippen molar-refractivity contribution in [3.8, 4) is 0 Å². The normalized spacial score (nSPS) is 18.6. The zero-order chi connectivity index (χ0) is 9.31. The van der Waals surface area contributed by atoms with Crippen molar-refractivity contribution in [3.63, 3.8) is 0 Å². The maximum atomic E-state index is 13.4. The summed E-state index contributed by atoms with van der Waals surface area (Å²) in [6.07, 6.45) is 1.93. The van der Waals surface area contributed by atoms with E-state index in [2.05, 4.69) is 4.84 Å². The molecule has 0 aliphatic heterocycles. The first-order valence-electron chi connectivity index (χ1n) is 4.35. The SMILES string of the molecule is NOCC1(c2ccccc2F)CC1. The second-order valence-electron chi connectivity index (χ2n) is 3.57. The molecule has 1 saturated carbocycles. The molecule has 0 atom stereocenters. The molecule has 13 heavy (non-hydrogen) atoms. The summed E-state index contributed by atoms with van der Waals surface area (Å²) in [5, 5.41) is 0. The third-order valence-corrected chi connectivity index (χ3v) is 2.66. The van der Waals surface area contributed by atoms with Gasteiger partial charge in [-0.05, 0) is 24.5 Å². The first-order valence-corrected chi connectivity index (χ1v) is 4.35. The molecule has 0 saturated heterocycles. The van der Waals surface area contributed by atoms with Crippen molar-refractivity contribution in [2.75, 3.05) is 6.61 Å². The van der Waals surface area contributed by atoms with Gasteiger partial charge in [-0.3, -0.25) is 0 Å². The highest BCUT2D eigenvalue weighted by atomic mass is 19.1. The predicted octanol–water partition coefficient (Wildman–Crippen LogP) is 1.75. The topological polar surface area (TPSA) is 35.2 Å². The summed E-state index contributed by atoms with van der Waals surface area (Å²) in [7, 11) is 0. The van der Waals surface area contributed by atoms with Crippen LogP contribution in [0, 0.1) is 5.82 Å². The number of hydrogen-bond acceptors (Lipinski definition) is 2. The minimum atomic E-state index is -0.156. The first-order chi connectivity index (χ1) is 6.28. The third kappa shape index (κ3) is 1.45. The van der Waals surface area contributed by atoms with E-state index in [0.717, 1.165) is 18.4 Å². The lowest BCUT2D eigenvalue weighted by atomic mass is 9.96. The summed E-state index contributed by atoms with van der Waals surface area (Å²) in [6, 6.07) is 6.82. The van der Waals surface area contributed by atoms with Crippen LogP contribution in [-0.2, 0) is 10.3 Å². The Morgan fingerprint density at radius 3 is 2.62 bits per heavy atom. The number of benzene rings is 1. The lowest BCUT2D eigenvalue weighted by molar-refractivity contribution is 0.115. The molecule has 1 aliphatic carbocycles. The smallest absolute Gasteiger partial charge is 0.127 e. The average Bonchev–Trinajstić information content (AvgIpc) is 2.87. The Morgan fingerprint density at radius 1 is 1.38 bits per heavy atom. The van der Waals surface area contributed by atoms with E-state index < -0.39 is 0 Å². The fourth-order valence-electron chi connectivity index (χ4n) is 1.69. The largest absolute Gasteiger partial charge is 0.304 e. The Balaban J connectivity index is 2.30. The van der Waals surface area contributed by atoms with Crippen molar-refractivity contribution in [2.24, 2.45) is 5.90 Å². The number of halogens is 1. The maximum absolute atomic E-state index is 13.4. The summed E-state index contributed by atoms with van der Waals surface area (Å²) >= 11 is 0. The molecule has 0 spiro atoms. The van der Waals surface area contributed by atoms with Crippen LogP contribution >= 0.6 is 0 Å². The van der Waals surface area contributed by atoms with Gasteiger partial charge in [-0.1, -0.05) is 18.2 Å². The highest BCUT2D eigenvalue weighted by Crippen LogP contribution is 2.48. The highest BCUT2D eigenvalue weighted by molar-refractivity contribution is 5.32.